The maximum atomic E-state index is 12.5. The molecule has 4 N–H and O–H groups in total. The fourth-order valence-corrected chi connectivity index (χ4v) is 3.42. The summed E-state index contributed by atoms with van der Waals surface area (Å²) < 4.78 is 0. The largest absolute Gasteiger partial charge is 0.323 e. The van der Waals surface area contributed by atoms with Crippen molar-refractivity contribution in [3.8, 4) is 0 Å². The van der Waals surface area contributed by atoms with Gasteiger partial charge < -0.3 is 21.3 Å². The number of fused-ring (bicyclic) bond motifs is 1. The Bertz CT molecular complexity index is 1170. The van der Waals surface area contributed by atoms with Gasteiger partial charge in [0.05, 0.1) is 11.4 Å². The van der Waals surface area contributed by atoms with Gasteiger partial charge in [-0.05, 0) is 60.7 Å². The number of benzene rings is 4. The van der Waals surface area contributed by atoms with Crippen molar-refractivity contribution in [3.63, 3.8) is 0 Å². The minimum Gasteiger partial charge on any atom is -0.308 e. The van der Waals surface area contributed by atoms with Crippen LogP contribution in [0.1, 0.15) is 0 Å². The highest BCUT2D eigenvalue weighted by Gasteiger charge is 2.10. The van der Waals surface area contributed by atoms with E-state index in [1.165, 1.54) is 0 Å². The van der Waals surface area contributed by atoms with Crippen molar-refractivity contribution in [1.82, 2.24) is 0 Å². The number of amides is 4. The van der Waals surface area contributed by atoms with E-state index in [2.05, 4.69) is 21.3 Å². The van der Waals surface area contributed by atoms with Crippen LogP contribution in [0.3, 0.4) is 0 Å². The summed E-state index contributed by atoms with van der Waals surface area (Å²) in [6.07, 6.45) is 0. The Hall–Kier alpha value is -3.74. The average molecular weight is 465 g/mol. The first kappa shape index (κ1) is 21.5. The van der Waals surface area contributed by atoms with Crippen LogP contribution in [0.5, 0.6) is 0 Å². The Morgan fingerprint density at radius 2 is 0.875 bits per heavy atom. The van der Waals surface area contributed by atoms with Crippen LogP contribution >= 0.6 is 23.2 Å². The van der Waals surface area contributed by atoms with E-state index in [-0.39, 0.29) is 0 Å². The van der Waals surface area contributed by atoms with E-state index in [0.29, 0.717) is 32.8 Å². The molecule has 0 atom stereocenters. The molecule has 160 valence electrons. The zero-order chi connectivity index (χ0) is 22.5. The number of carbonyl (C=O) groups is 2. The van der Waals surface area contributed by atoms with Gasteiger partial charge in [0.1, 0.15) is 0 Å². The van der Waals surface area contributed by atoms with E-state index >= 15 is 0 Å². The van der Waals surface area contributed by atoms with Gasteiger partial charge in [-0.25, -0.2) is 9.59 Å². The molecule has 4 aromatic rings. The standard InChI is InChI=1S/C24H18Cl2N4O2/c25-15-7-11-17(12-8-15)27-23(31)29-21-5-1-3-19-20(21)4-2-6-22(19)30-24(32)28-18-13-9-16(26)10-14-18/h1-14H,(H2,27,29,31)(H2,28,30,32). The normalized spacial score (nSPS) is 10.4. The number of halogens is 2. The van der Waals surface area contributed by atoms with E-state index in [1.807, 2.05) is 24.3 Å². The van der Waals surface area contributed by atoms with E-state index in [1.54, 1.807) is 60.7 Å². The van der Waals surface area contributed by atoms with Crippen LogP contribution in [-0.2, 0) is 0 Å². The molecule has 0 aliphatic rings. The van der Waals surface area contributed by atoms with Crippen LogP contribution in [0.2, 0.25) is 10.0 Å². The minimum atomic E-state index is -0.390. The Labute approximate surface area is 194 Å². The number of urea groups is 2. The number of carbonyl (C=O) groups excluding carboxylic acids is 2. The molecule has 8 heteroatoms. The summed E-state index contributed by atoms with van der Waals surface area (Å²) in [4.78, 5) is 24.9. The van der Waals surface area contributed by atoms with E-state index < -0.39 is 12.1 Å². The Balaban J connectivity index is 1.50. The molecule has 32 heavy (non-hydrogen) atoms. The molecule has 4 aromatic carbocycles. The molecule has 0 aliphatic heterocycles. The molecule has 4 amide bonds. The lowest BCUT2D eigenvalue weighted by Gasteiger charge is -2.14. The molecule has 0 radical (unpaired) electrons. The highest BCUT2D eigenvalue weighted by molar-refractivity contribution is 6.31. The van der Waals surface area contributed by atoms with Gasteiger partial charge >= 0.3 is 12.1 Å². The molecule has 0 saturated heterocycles. The third-order valence-corrected chi connectivity index (χ3v) is 5.13. The van der Waals surface area contributed by atoms with E-state index in [0.717, 1.165) is 10.8 Å². The molecule has 0 aromatic heterocycles. The zero-order valence-electron chi connectivity index (χ0n) is 16.7. The fourth-order valence-electron chi connectivity index (χ4n) is 3.16. The average Bonchev–Trinajstić information content (AvgIpc) is 2.77. The van der Waals surface area contributed by atoms with Crippen LogP contribution in [0.4, 0.5) is 32.3 Å². The van der Waals surface area contributed by atoms with Crippen molar-refractivity contribution in [2.45, 2.75) is 0 Å². The van der Waals surface area contributed by atoms with Gasteiger partial charge in [-0.3, -0.25) is 0 Å². The maximum Gasteiger partial charge on any atom is 0.323 e. The molecule has 0 unspecified atom stereocenters. The second-order valence-electron chi connectivity index (χ2n) is 6.88. The van der Waals surface area contributed by atoms with Crippen molar-refractivity contribution in [3.05, 3.63) is 95.0 Å². The summed E-state index contributed by atoms with van der Waals surface area (Å²) in [6.45, 7) is 0. The van der Waals surface area contributed by atoms with Crippen molar-refractivity contribution in [1.29, 1.82) is 0 Å². The molecule has 0 heterocycles. The summed E-state index contributed by atoms with van der Waals surface area (Å²) in [7, 11) is 0. The first-order valence-electron chi connectivity index (χ1n) is 9.67. The molecule has 0 bridgehead atoms. The number of hydrogen-bond acceptors (Lipinski definition) is 2. The van der Waals surface area contributed by atoms with Gasteiger partial charge in [-0.15, -0.1) is 0 Å². The van der Waals surface area contributed by atoms with Crippen molar-refractivity contribution >= 4 is 68.8 Å². The van der Waals surface area contributed by atoms with E-state index in [9.17, 15) is 9.59 Å². The minimum absolute atomic E-state index is 0.390. The summed E-state index contributed by atoms with van der Waals surface area (Å²) in [5.41, 5.74) is 2.45. The van der Waals surface area contributed by atoms with Crippen LogP contribution in [0.15, 0.2) is 84.9 Å². The monoisotopic (exact) mass is 464 g/mol. The fraction of sp³-hybridized carbons (Fsp3) is 0. The quantitative estimate of drug-likeness (QED) is 0.253. The molecular formula is C24H18Cl2N4O2. The smallest absolute Gasteiger partial charge is 0.308 e. The number of rotatable bonds is 4. The summed E-state index contributed by atoms with van der Waals surface area (Å²) in [6, 6.07) is 23.8. The predicted molar refractivity (Wildman–Crippen MR) is 132 cm³/mol. The third-order valence-electron chi connectivity index (χ3n) is 4.62. The van der Waals surface area contributed by atoms with Gasteiger partial charge in [0.15, 0.2) is 0 Å². The zero-order valence-corrected chi connectivity index (χ0v) is 18.2. The van der Waals surface area contributed by atoms with Crippen molar-refractivity contribution < 1.29 is 9.59 Å². The number of anilines is 4. The van der Waals surface area contributed by atoms with Gasteiger partial charge in [-0.1, -0.05) is 47.5 Å². The van der Waals surface area contributed by atoms with Crippen LogP contribution in [0.25, 0.3) is 10.8 Å². The number of nitrogens with one attached hydrogen (secondary N) is 4. The molecule has 0 spiro atoms. The molecule has 6 nitrogen and oxygen atoms in total. The van der Waals surface area contributed by atoms with Gasteiger partial charge in [0, 0.05) is 32.2 Å². The maximum absolute atomic E-state index is 12.5. The molecule has 0 aliphatic carbocycles. The van der Waals surface area contributed by atoms with E-state index in [4.69, 9.17) is 23.2 Å². The first-order valence-corrected chi connectivity index (χ1v) is 10.4. The first-order chi connectivity index (χ1) is 15.5. The highest BCUT2D eigenvalue weighted by atomic mass is 35.5. The highest BCUT2D eigenvalue weighted by Crippen LogP contribution is 2.29. The molecule has 0 saturated carbocycles. The predicted octanol–water partition coefficient (Wildman–Crippen LogP) is 7.43. The molecular weight excluding hydrogens is 447 g/mol. The third kappa shape index (κ3) is 5.29. The van der Waals surface area contributed by atoms with Gasteiger partial charge in [-0.2, -0.15) is 0 Å². The van der Waals surface area contributed by atoms with Crippen LogP contribution in [0, 0.1) is 0 Å². The Kier molecular flexibility index (Phi) is 6.44. The lowest BCUT2D eigenvalue weighted by molar-refractivity contribution is 0.261. The summed E-state index contributed by atoms with van der Waals surface area (Å²) in [5, 5.41) is 14.0. The summed E-state index contributed by atoms with van der Waals surface area (Å²) in [5.74, 6) is 0. The second kappa shape index (κ2) is 9.60. The number of hydrogen-bond donors (Lipinski definition) is 4. The van der Waals surface area contributed by atoms with Gasteiger partial charge in [0.2, 0.25) is 0 Å². The Morgan fingerprint density at radius 1 is 0.500 bits per heavy atom. The lowest BCUT2D eigenvalue weighted by Crippen LogP contribution is -2.20. The molecule has 4 rings (SSSR count). The lowest BCUT2D eigenvalue weighted by atomic mass is 10.1. The Morgan fingerprint density at radius 3 is 1.25 bits per heavy atom. The SMILES string of the molecule is O=C(Nc1ccc(Cl)cc1)Nc1cccc2c(NC(=O)Nc3ccc(Cl)cc3)cccc12. The van der Waals surface area contributed by atoms with Gasteiger partial charge in [0.25, 0.3) is 0 Å². The van der Waals surface area contributed by atoms with Crippen molar-refractivity contribution in [2.24, 2.45) is 0 Å². The topological polar surface area (TPSA) is 82.3 Å². The van der Waals surface area contributed by atoms with Crippen LogP contribution < -0.4 is 21.3 Å². The molecule has 0 fully saturated rings. The second-order valence-corrected chi connectivity index (χ2v) is 7.75. The summed E-state index contributed by atoms with van der Waals surface area (Å²) >= 11 is 11.8. The van der Waals surface area contributed by atoms with Crippen LogP contribution in [-0.4, -0.2) is 12.1 Å². The van der Waals surface area contributed by atoms with Crippen molar-refractivity contribution in [2.75, 3.05) is 21.3 Å².